The number of ketones is 1. The quantitative estimate of drug-likeness (QED) is 0.898. The number of nitrogens with zero attached hydrogens (tertiary/aromatic N) is 1. The molecular weight excluding hydrogens is 292 g/mol. The second-order valence-corrected chi connectivity index (χ2v) is 5.13. The Morgan fingerprint density at radius 3 is 2.24 bits per heavy atom. The molecule has 0 fully saturated rings. The number of rotatable bonds is 3. The summed E-state index contributed by atoms with van der Waals surface area (Å²) < 4.78 is 0. The monoisotopic (exact) mass is 306 g/mol. The number of aromatic carboxylic acids is 1. The van der Waals surface area contributed by atoms with Gasteiger partial charge in [0.25, 0.3) is 0 Å². The number of carbonyl (C=O) groups is 2. The maximum Gasteiger partial charge on any atom is 0.335 e. The minimum Gasteiger partial charge on any atom is -0.478 e. The molecule has 2 N–H and O–H groups in total. The van der Waals surface area contributed by atoms with Crippen molar-refractivity contribution in [1.82, 2.24) is 5.43 Å². The van der Waals surface area contributed by atoms with Gasteiger partial charge in [-0.25, -0.2) is 4.79 Å². The summed E-state index contributed by atoms with van der Waals surface area (Å²) in [6, 6.07) is 6.38. The van der Waals surface area contributed by atoms with E-state index in [1.54, 1.807) is 31.0 Å². The van der Waals surface area contributed by atoms with Gasteiger partial charge in [0.05, 0.1) is 27.6 Å². The zero-order chi connectivity index (χ0) is 15.7. The number of benzene rings is 1. The summed E-state index contributed by atoms with van der Waals surface area (Å²) in [6.07, 6.45) is 0. The van der Waals surface area contributed by atoms with Crippen LogP contribution in [0.3, 0.4) is 0 Å². The fourth-order valence-electron chi connectivity index (χ4n) is 2.18. The largest absolute Gasteiger partial charge is 0.478 e. The van der Waals surface area contributed by atoms with Crippen LogP contribution in [-0.2, 0) is 4.79 Å². The maximum atomic E-state index is 11.6. The lowest BCUT2D eigenvalue weighted by Crippen LogP contribution is -2.40. The highest BCUT2D eigenvalue weighted by atomic mass is 35.5. The molecule has 0 radical (unpaired) electrons. The zero-order valence-electron chi connectivity index (χ0n) is 11.9. The van der Waals surface area contributed by atoms with Crippen LogP contribution in [0.2, 0.25) is 0 Å². The zero-order valence-corrected chi connectivity index (χ0v) is 12.7. The first-order chi connectivity index (χ1) is 9.82. The van der Waals surface area contributed by atoms with Crippen LogP contribution in [0.4, 0.5) is 5.69 Å². The molecule has 110 valence electrons. The second-order valence-electron chi connectivity index (χ2n) is 4.75. The van der Waals surface area contributed by atoms with Gasteiger partial charge in [0.15, 0.2) is 5.78 Å². The Balaban J connectivity index is 2.40. The van der Waals surface area contributed by atoms with E-state index in [9.17, 15) is 9.59 Å². The van der Waals surface area contributed by atoms with Crippen LogP contribution in [0.1, 0.15) is 31.1 Å². The third kappa shape index (κ3) is 2.78. The predicted molar refractivity (Wildman–Crippen MR) is 81.0 cm³/mol. The van der Waals surface area contributed by atoms with Crippen molar-refractivity contribution in [2.45, 2.75) is 20.8 Å². The number of allylic oxidation sites excluding steroid dienone is 4. The Morgan fingerprint density at radius 1 is 1.19 bits per heavy atom. The smallest absolute Gasteiger partial charge is 0.335 e. The third-order valence-electron chi connectivity index (χ3n) is 3.25. The molecule has 1 aliphatic heterocycles. The molecule has 0 saturated heterocycles. The number of hydrogen-bond donors (Lipinski definition) is 2. The Labute approximate surface area is 127 Å². The molecule has 0 unspecified atom stereocenters. The third-order valence-corrected chi connectivity index (χ3v) is 3.71. The molecule has 0 aromatic heterocycles. The van der Waals surface area contributed by atoms with Crippen molar-refractivity contribution in [2.24, 2.45) is 0 Å². The fraction of sp³-hybridized carbons (Fsp3) is 0.200. The first-order valence-corrected chi connectivity index (χ1v) is 6.69. The molecule has 21 heavy (non-hydrogen) atoms. The van der Waals surface area contributed by atoms with E-state index in [1.165, 1.54) is 19.1 Å². The van der Waals surface area contributed by atoms with Crippen molar-refractivity contribution in [3.05, 3.63) is 51.8 Å². The van der Waals surface area contributed by atoms with Crippen molar-refractivity contribution in [2.75, 3.05) is 5.01 Å². The summed E-state index contributed by atoms with van der Waals surface area (Å²) in [5.74, 6) is -1.08. The van der Waals surface area contributed by atoms with Gasteiger partial charge in [0.2, 0.25) is 0 Å². The molecule has 1 aliphatic rings. The average molecular weight is 307 g/mol. The second kappa shape index (κ2) is 5.61. The van der Waals surface area contributed by atoms with Crippen molar-refractivity contribution in [1.29, 1.82) is 0 Å². The molecule has 1 heterocycles. The van der Waals surface area contributed by atoms with Gasteiger partial charge < -0.3 is 5.11 Å². The van der Waals surface area contributed by atoms with Crippen molar-refractivity contribution in [3.8, 4) is 0 Å². The molecule has 0 amide bonds. The molecule has 0 saturated carbocycles. The SMILES string of the molecule is CC(=O)C1=C(C)NN(c2ccc(C(=O)O)cc2)C(C)=C1Cl. The van der Waals surface area contributed by atoms with E-state index >= 15 is 0 Å². The number of carboxylic acids is 1. The first kappa shape index (κ1) is 15.1. The predicted octanol–water partition coefficient (Wildman–Crippen LogP) is 3.04. The Bertz CT molecular complexity index is 675. The summed E-state index contributed by atoms with van der Waals surface area (Å²) in [5.41, 5.74) is 5.83. The van der Waals surface area contributed by atoms with E-state index < -0.39 is 5.97 Å². The minimum absolute atomic E-state index is 0.106. The van der Waals surface area contributed by atoms with E-state index in [1.807, 2.05) is 0 Å². The van der Waals surface area contributed by atoms with Crippen LogP contribution >= 0.6 is 11.6 Å². The lowest BCUT2D eigenvalue weighted by Gasteiger charge is -2.33. The fourth-order valence-corrected chi connectivity index (χ4v) is 2.54. The van der Waals surface area contributed by atoms with E-state index in [4.69, 9.17) is 16.7 Å². The summed E-state index contributed by atoms with van der Waals surface area (Å²) >= 11 is 6.27. The molecule has 2 rings (SSSR count). The van der Waals surface area contributed by atoms with Gasteiger partial charge in [-0.2, -0.15) is 0 Å². The Hall–Kier alpha value is -2.27. The van der Waals surface area contributed by atoms with Gasteiger partial charge in [-0.1, -0.05) is 11.6 Å². The summed E-state index contributed by atoms with van der Waals surface area (Å²) in [7, 11) is 0. The number of hydrogen-bond acceptors (Lipinski definition) is 4. The number of anilines is 1. The molecule has 0 bridgehead atoms. The van der Waals surface area contributed by atoms with E-state index in [0.717, 1.165) is 5.69 Å². The number of hydrazine groups is 1. The Morgan fingerprint density at radius 2 is 1.76 bits per heavy atom. The topological polar surface area (TPSA) is 69.6 Å². The number of nitrogens with one attached hydrogen (secondary N) is 1. The van der Waals surface area contributed by atoms with E-state index in [2.05, 4.69) is 5.43 Å². The maximum absolute atomic E-state index is 11.6. The minimum atomic E-state index is -0.978. The molecule has 6 heteroatoms. The van der Waals surface area contributed by atoms with Gasteiger partial charge in [0, 0.05) is 5.70 Å². The Kier molecular flexibility index (Phi) is 4.04. The number of Topliss-reactive ketones (excluding diaryl/α,β-unsaturated/α-hetero) is 1. The van der Waals surface area contributed by atoms with Crippen molar-refractivity contribution in [3.63, 3.8) is 0 Å². The average Bonchev–Trinajstić information content (AvgIpc) is 2.42. The van der Waals surface area contributed by atoms with Gasteiger partial charge in [-0.15, -0.1) is 0 Å². The number of carbonyl (C=O) groups excluding carboxylic acids is 1. The van der Waals surface area contributed by atoms with Gasteiger partial charge >= 0.3 is 5.97 Å². The van der Waals surface area contributed by atoms with Gasteiger partial charge in [-0.3, -0.25) is 15.2 Å². The molecule has 0 atom stereocenters. The highest BCUT2D eigenvalue weighted by Crippen LogP contribution is 2.31. The van der Waals surface area contributed by atoms with Crippen molar-refractivity contribution >= 4 is 29.0 Å². The van der Waals surface area contributed by atoms with Crippen LogP contribution < -0.4 is 10.4 Å². The standard InChI is InChI=1S/C15H15ClN2O3/c1-8-13(10(3)19)14(16)9(2)18(17-8)12-6-4-11(5-7-12)15(20)21/h4-7,17H,1-3H3,(H,20,21). The highest BCUT2D eigenvalue weighted by Gasteiger charge is 2.24. The molecule has 0 aliphatic carbocycles. The number of halogens is 1. The van der Waals surface area contributed by atoms with Crippen LogP contribution in [0, 0.1) is 0 Å². The van der Waals surface area contributed by atoms with Crippen molar-refractivity contribution < 1.29 is 14.7 Å². The first-order valence-electron chi connectivity index (χ1n) is 6.31. The number of carboxylic acid groups (broad SMARTS) is 1. The van der Waals surface area contributed by atoms with E-state index in [0.29, 0.717) is 22.0 Å². The van der Waals surface area contributed by atoms with Crippen LogP contribution in [0.25, 0.3) is 0 Å². The molecule has 0 spiro atoms. The lowest BCUT2D eigenvalue weighted by atomic mass is 10.1. The molecule has 1 aromatic rings. The van der Waals surface area contributed by atoms with Crippen LogP contribution in [0.5, 0.6) is 0 Å². The normalized spacial score (nSPS) is 15.1. The summed E-state index contributed by atoms with van der Waals surface area (Å²) in [6.45, 7) is 5.02. The lowest BCUT2D eigenvalue weighted by molar-refractivity contribution is -0.113. The van der Waals surface area contributed by atoms with Crippen LogP contribution in [0.15, 0.2) is 46.3 Å². The van der Waals surface area contributed by atoms with Gasteiger partial charge in [-0.05, 0) is 45.0 Å². The molecule has 5 nitrogen and oxygen atoms in total. The molecular formula is C15H15ClN2O3. The van der Waals surface area contributed by atoms with Crippen LogP contribution in [-0.4, -0.2) is 16.9 Å². The highest BCUT2D eigenvalue weighted by molar-refractivity contribution is 6.36. The summed E-state index contributed by atoms with van der Waals surface area (Å²) in [5, 5.41) is 11.0. The molecule has 1 aromatic carbocycles. The van der Waals surface area contributed by atoms with E-state index in [-0.39, 0.29) is 11.3 Å². The summed E-state index contributed by atoms with van der Waals surface area (Å²) in [4.78, 5) is 22.5. The van der Waals surface area contributed by atoms with Gasteiger partial charge in [0.1, 0.15) is 0 Å².